The molecular weight excluding hydrogens is 316 g/mol. The van der Waals surface area contributed by atoms with E-state index < -0.39 is 0 Å². The molecule has 1 amide bonds. The summed E-state index contributed by atoms with van der Waals surface area (Å²) in [6, 6.07) is 13.5. The first-order valence-corrected chi connectivity index (χ1v) is 7.26. The van der Waals surface area contributed by atoms with Gasteiger partial charge in [0, 0.05) is 10.0 Å². The fourth-order valence-electron chi connectivity index (χ4n) is 2.28. The van der Waals surface area contributed by atoms with Crippen LogP contribution in [0.3, 0.4) is 0 Å². The lowest BCUT2D eigenvalue weighted by atomic mass is 10.1. The molecule has 20 heavy (non-hydrogen) atoms. The molecule has 0 unspecified atom stereocenters. The summed E-state index contributed by atoms with van der Waals surface area (Å²) in [5.74, 6) is -0.142. The number of nitrogens with one attached hydrogen (secondary N) is 1. The molecule has 0 aliphatic carbocycles. The number of fused-ring (bicyclic) bond motifs is 1. The van der Waals surface area contributed by atoms with Crippen molar-refractivity contribution in [2.45, 2.75) is 13.3 Å². The van der Waals surface area contributed by atoms with Crippen LogP contribution in [0.1, 0.15) is 18.1 Å². The molecule has 0 saturated carbocycles. The van der Waals surface area contributed by atoms with Crippen LogP contribution in [-0.4, -0.2) is 11.6 Å². The van der Waals surface area contributed by atoms with Crippen LogP contribution in [0.15, 0.2) is 51.9 Å². The van der Waals surface area contributed by atoms with Gasteiger partial charge >= 0.3 is 0 Å². The molecule has 2 aromatic rings. The van der Waals surface area contributed by atoms with E-state index in [4.69, 9.17) is 0 Å². The van der Waals surface area contributed by atoms with Crippen molar-refractivity contribution in [3.05, 3.63) is 58.1 Å². The van der Waals surface area contributed by atoms with Crippen LogP contribution in [0.25, 0.3) is 0 Å². The Morgan fingerprint density at radius 1 is 1.20 bits per heavy atom. The van der Waals surface area contributed by atoms with Gasteiger partial charge in [-0.25, -0.2) is 4.99 Å². The van der Waals surface area contributed by atoms with Crippen LogP contribution in [0.2, 0.25) is 0 Å². The first-order chi connectivity index (χ1) is 9.69. The third kappa shape index (κ3) is 2.27. The lowest BCUT2D eigenvalue weighted by Crippen LogP contribution is -2.14. The average molecular weight is 329 g/mol. The van der Waals surface area contributed by atoms with E-state index in [0.717, 1.165) is 33.4 Å². The number of carbonyl (C=O) groups is 1. The van der Waals surface area contributed by atoms with Crippen LogP contribution < -0.4 is 5.32 Å². The number of anilines is 1. The Bertz CT molecular complexity index is 722. The van der Waals surface area contributed by atoms with Gasteiger partial charge in [0.1, 0.15) is 5.71 Å². The molecule has 0 radical (unpaired) electrons. The maximum absolute atomic E-state index is 12.1. The number of nitrogens with zero attached hydrogens (tertiary/aromatic N) is 1. The molecule has 3 nitrogen and oxygen atoms in total. The summed E-state index contributed by atoms with van der Waals surface area (Å²) in [4.78, 5) is 16.6. The molecule has 1 aliphatic rings. The number of aliphatic imine (C=N–C) groups is 1. The zero-order valence-electron chi connectivity index (χ0n) is 11.0. The van der Waals surface area contributed by atoms with Gasteiger partial charge in [-0.2, -0.15) is 0 Å². The third-order valence-electron chi connectivity index (χ3n) is 3.30. The van der Waals surface area contributed by atoms with E-state index in [1.165, 1.54) is 0 Å². The van der Waals surface area contributed by atoms with Gasteiger partial charge in [0.05, 0.1) is 11.4 Å². The Labute approximate surface area is 125 Å². The van der Waals surface area contributed by atoms with Crippen LogP contribution in [-0.2, 0) is 11.2 Å². The van der Waals surface area contributed by atoms with Crippen molar-refractivity contribution in [3.63, 3.8) is 0 Å². The number of aryl methyl sites for hydroxylation is 1. The number of amides is 1. The van der Waals surface area contributed by atoms with Crippen molar-refractivity contribution in [2.75, 3.05) is 5.32 Å². The molecule has 100 valence electrons. The van der Waals surface area contributed by atoms with E-state index in [9.17, 15) is 4.79 Å². The van der Waals surface area contributed by atoms with Gasteiger partial charge in [-0.3, -0.25) is 4.79 Å². The Morgan fingerprint density at radius 3 is 2.80 bits per heavy atom. The maximum Gasteiger partial charge on any atom is 0.275 e. The summed E-state index contributed by atoms with van der Waals surface area (Å²) in [7, 11) is 0. The number of hydrogen-bond acceptors (Lipinski definition) is 2. The minimum absolute atomic E-state index is 0.142. The first-order valence-electron chi connectivity index (χ1n) is 6.47. The molecule has 0 fully saturated rings. The van der Waals surface area contributed by atoms with Gasteiger partial charge in [-0.15, -0.1) is 0 Å². The minimum Gasteiger partial charge on any atom is -0.320 e. The summed E-state index contributed by atoms with van der Waals surface area (Å²) in [5, 5.41) is 2.84. The molecule has 2 aromatic carbocycles. The van der Waals surface area contributed by atoms with E-state index in [0.29, 0.717) is 5.71 Å². The van der Waals surface area contributed by atoms with Gasteiger partial charge in [0.2, 0.25) is 0 Å². The highest BCUT2D eigenvalue weighted by Gasteiger charge is 2.25. The van der Waals surface area contributed by atoms with Crippen LogP contribution >= 0.6 is 15.9 Å². The monoisotopic (exact) mass is 328 g/mol. The fraction of sp³-hybridized carbons (Fsp3) is 0.125. The average Bonchev–Trinajstić information content (AvgIpc) is 2.77. The van der Waals surface area contributed by atoms with Crippen LogP contribution in [0.5, 0.6) is 0 Å². The Kier molecular flexibility index (Phi) is 3.40. The van der Waals surface area contributed by atoms with Crippen LogP contribution in [0.4, 0.5) is 11.4 Å². The zero-order valence-corrected chi connectivity index (χ0v) is 12.6. The van der Waals surface area contributed by atoms with Crippen molar-refractivity contribution in [3.8, 4) is 0 Å². The highest BCUT2D eigenvalue weighted by atomic mass is 79.9. The van der Waals surface area contributed by atoms with Crippen molar-refractivity contribution >= 4 is 38.9 Å². The molecule has 1 aliphatic heterocycles. The van der Waals surface area contributed by atoms with E-state index in [2.05, 4.69) is 33.2 Å². The number of halogens is 1. The summed E-state index contributed by atoms with van der Waals surface area (Å²) >= 11 is 3.46. The Balaban J connectivity index is 2.11. The lowest BCUT2D eigenvalue weighted by Gasteiger charge is -2.04. The Morgan fingerprint density at radius 2 is 2.00 bits per heavy atom. The van der Waals surface area contributed by atoms with Crippen molar-refractivity contribution in [1.29, 1.82) is 0 Å². The Hall–Kier alpha value is -1.94. The van der Waals surface area contributed by atoms with Gasteiger partial charge in [-0.1, -0.05) is 41.1 Å². The number of rotatable bonds is 2. The van der Waals surface area contributed by atoms with E-state index in [1.807, 2.05) is 42.5 Å². The molecule has 0 atom stereocenters. The normalized spacial score (nSPS) is 15.3. The van der Waals surface area contributed by atoms with E-state index in [-0.39, 0.29) is 5.91 Å². The highest BCUT2D eigenvalue weighted by molar-refractivity contribution is 9.10. The van der Waals surface area contributed by atoms with Gasteiger partial charge < -0.3 is 5.32 Å². The molecule has 0 spiro atoms. The van der Waals surface area contributed by atoms with Gasteiger partial charge in [0.25, 0.3) is 5.91 Å². The standard InChI is InChI=1S/C16H13BrN2O/c1-2-10-9-11(17)7-8-13(10)18-15-12-5-3-4-6-14(12)19-16(15)20/h3-9H,2H2,1H3,(H,18,19,20). The van der Waals surface area contributed by atoms with Crippen molar-refractivity contribution in [1.82, 2.24) is 0 Å². The predicted octanol–water partition coefficient (Wildman–Crippen LogP) is 4.08. The predicted molar refractivity (Wildman–Crippen MR) is 84.8 cm³/mol. The second kappa shape index (κ2) is 5.21. The number of hydrogen-bond donors (Lipinski definition) is 1. The summed E-state index contributed by atoms with van der Waals surface area (Å²) in [6.07, 6.45) is 0.870. The SMILES string of the molecule is CCc1cc(Br)ccc1N=C1C(=O)Nc2ccccc21. The second-order valence-corrected chi connectivity index (χ2v) is 5.50. The molecule has 0 bridgehead atoms. The molecule has 0 aromatic heterocycles. The third-order valence-corrected chi connectivity index (χ3v) is 3.79. The lowest BCUT2D eigenvalue weighted by molar-refractivity contribution is -0.110. The van der Waals surface area contributed by atoms with E-state index >= 15 is 0 Å². The minimum atomic E-state index is -0.142. The smallest absolute Gasteiger partial charge is 0.275 e. The summed E-state index contributed by atoms with van der Waals surface area (Å²) < 4.78 is 1.02. The second-order valence-electron chi connectivity index (χ2n) is 4.59. The van der Waals surface area contributed by atoms with Gasteiger partial charge in [-0.05, 0) is 36.2 Å². The molecule has 1 heterocycles. The van der Waals surface area contributed by atoms with E-state index in [1.54, 1.807) is 0 Å². The molecule has 1 N–H and O–H groups in total. The van der Waals surface area contributed by atoms with Gasteiger partial charge in [0.15, 0.2) is 0 Å². The summed E-state index contributed by atoms with van der Waals surface area (Å²) in [5.41, 5.74) is 4.13. The first kappa shape index (κ1) is 13.1. The number of carbonyl (C=O) groups excluding carboxylic acids is 1. The number of benzene rings is 2. The maximum atomic E-state index is 12.1. The zero-order chi connectivity index (χ0) is 14.1. The summed E-state index contributed by atoms with van der Waals surface area (Å²) in [6.45, 7) is 2.08. The molecular formula is C16H13BrN2O. The molecule has 4 heteroatoms. The quantitative estimate of drug-likeness (QED) is 0.886. The molecule has 3 rings (SSSR count). The topological polar surface area (TPSA) is 41.5 Å². The largest absolute Gasteiger partial charge is 0.320 e. The highest BCUT2D eigenvalue weighted by Crippen LogP contribution is 2.28. The van der Waals surface area contributed by atoms with Crippen molar-refractivity contribution in [2.24, 2.45) is 4.99 Å². The van der Waals surface area contributed by atoms with Crippen molar-refractivity contribution < 1.29 is 4.79 Å². The van der Waals surface area contributed by atoms with Crippen LogP contribution in [0, 0.1) is 0 Å². The number of para-hydroxylation sites is 1. The molecule has 0 saturated heterocycles. The fourth-order valence-corrected chi connectivity index (χ4v) is 2.69.